The van der Waals surface area contributed by atoms with Gasteiger partial charge in [0, 0.05) is 25.2 Å². The number of ether oxygens (including phenoxy) is 1. The topological polar surface area (TPSA) is 24.5 Å². The molecule has 0 aromatic heterocycles. The number of fused-ring (bicyclic) bond motifs is 1. The summed E-state index contributed by atoms with van der Waals surface area (Å²) in [4.78, 5) is 2.67. The zero-order valence-corrected chi connectivity index (χ0v) is 11.5. The van der Waals surface area contributed by atoms with Crippen molar-refractivity contribution in [3.05, 3.63) is 0 Å². The molecule has 1 aliphatic carbocycles. The maximum absolute atomic E-state index is 5.85. The van der Waals surface area contributed by atoms with Gasteiger partial charge < -0.3 is 10.1 Å². The van der Waals surface area contributed by atoms with Gasteiger partial charge in [-0.3, -0.25) is 4.90 Å². The van der Waals surface area contributed by atoms with Crippen molar-refractivity contribution in [2.45, 2.75) is 64.1 Å². The first kappa shape index (κ1) is 13.3. The molecule has 1 N–H and O–H groups in total. The van der Waals surface area contributed by atoms with E-state index in [1.54, 1.807) is 0 Å². The number of nitrogens with one attached hydrogen (secondary N) is 1. The zero-order chi connectivity index (χ0) is 12.1. The van der Waals surface area contributed by atoms with Crippen LogP contribution in [0.4, 0.5) is 0 Å². The molecule has 0 aromatic rings. The summed E-state index contributed by atoms with van der Waals surface area (Å²) in [5, 5.41) is 3.57. The number of rotatable bonds is 6. The highest BCUT2D eigenvalue weighted by molar-refractivity contribution is 4.89. The van der Waals surface area contributed by atoms with Gasteiger partial charge in [0.15, 0.2) is 0 Å². The summed E-state index contributed by atoms with van der Waals surface area (Å²) < 4.78 is 5.85. The maximum atomic E-state index is 5.85. The highest BCUT2D eigenvalue weighted by Gasteiger charge is 2.35. The Bertz CT molecular complexity index is 222. The normalized spacial score (nSPS) is 31.4. The van der Waals surface area contributed by atoms with Gasteiger partial charge in [0.1, 0.15) is 0 Å². The first-order chi connectivity index (χ1) is 8.31. The molecule has 3 heteroatoms. The minimum Gasteiger partial charge on any atom is -0.375 e. The largest absolute Gasteiger partial charge is 0.375 e. The lowest BCUT2D eigenvalue weighted by Gasteiger charge is -2.38. The molecule has 3 nitrogen and oxygen atoms in total. The molecule has 1 aliphatic heterocycles. The third kappa shape index (κ3) is 3.67. The molecule has 1 heterocycles. The van der Waals surface area contributed by atoms with Crippen LogP contribution in [0.15, 0.2) is 0 Å². The average Bonchev–Trinajstić information content (AvgIpc) is 2.82. The van der Waals surface area contributed by atoms with E-state index >= 15 is 0 Å². The summed E-state index contributed by atoms with van der Waals surface area (Å²) in [6, 6.07) is 1.37. The van der Waals surface area contributed by atoms with Crippen LogP contribution in [0.25, 0.3) is 0 Å². The van der Waals surface area contributed by atoms with Crippen molar-refractivity contribution in [1.82, 2.24) is 10.2 Å². The second-order valence-electron chi connectivity index (χ2n) is 5.59. The van der Waals surface area contributed by atoms with Gasteiger partial charge in [0.25, 0.3) is 0 Å². The Morgan fingerprint density at radius 1 is 1.41 bits per heavy atom. The van der Waals surface area contributed by atoms with E-state index in [2.05, 4.69) is 24.1 Å². The Kier molecular flexibility index (Phi) is 5.26. The van der Waals surface area contributed by atoms with E-state index in [1.165, 1.54) is 38.6 Å². The van der Waals surface area contributed by atoms with Gasteiger partial charge >= 0.3 is 0 Å². The van der Waals surface area contributed by atoms with Gasteiger partial charge in [-0.15, -0.1) is 0 Å². The minimum atomic E-state index is 0.544. The fourth-order valence-corrected chi connectivity index (χ4v) is 3.14. The molecule has 1 saturated heterocycles. The van der Waals surface area contributed by atoms with Crippen molar-refractivity contribution in [3.63, 3.8) is 0 Å². The number of hydrogen-bond donors (Lipinski definition) is 1. The molecule has 100 valence electrons. The average molecular weight is 240 g/mol. The summed E-state index contributed by atoms with van der Waals surface area (Å²) in [5.41, 5.74) is 0. The van der Waals surface area contributed by atoms with Crippen LogP contribution >= 0.6 is 0 Å². The molecule has 3 atom stereocenters. The third-order valence-electron chi connectivity index (χ3n) is 4.19. The fourth-order valence-electron chi connectivity index (χ4n) is 3.14. The molecular weight excluding hydrogens is 212 g/mol. The monoisotopic (exact) mass is 240 g/mol. The van der Waals surface area contributed by atoms with Crippen LogP contribution in [-0.4, -0.2) is 49.3 Å². The summed E-state index contributed by atoms with van der Waals surface area (Å²) in [7, 11) is 0. The van der Waals surface area contributed by atoms with Gasteiger partial charge in [-0.05, 0) is 45.6 Å². The second-order valence-corrected chi connectivity index (χ2v) is 5.59. The number of hydrogen-bond acceptors (Lipinski definition) is 3. The molecular formula is C14H28N2O. The molecule has 1 saturated carbocycles. The predicted molar refractivity (Wildman–Crippen MR) is 71.3 cm³/mol. The van der Waals surface area contributed by atoms with E-state index in [-0.39, 0.29) is 0 Å². The maximum Gasteiger partial charge on any atom is 0.0730 e. The van der Waals surface area contributed by atoms with Crippen LogP contribution < -0.4 is 5.32 Å². The van der Waals surface area contributed by atoms with Crippen molar-refractivity contribution in [2.24, 2.45) is 0 Å². The summed E-state index contributed by atoms with van der Waals surface area (Å²) in [6.45, 7) is 9.01. The Labute approximate surface area is 106 Å². The minimum absolute atomic E-state index is 0.544. The van der Waals surface area contributed by atoms with Crippen LogP contribution in [0.5, 0.6) is 0 Å². The summed E-state index contributed by atoms with van der Waals surface area (Å²) in [6.07, 6.45) is 7.03. The quantitative estimate of drug-likeness (QED) is 0.769. The van der Waals surface area contributed by atoms with Crippen molar-refractivity contribution in [3.8, 4) is 0 Å². The van der Waals surface area contributed by atoms with E-state index in [0.717, 1.165) is 25.7 Å². The van der Waals surface area contributed by atoms with Gasteiger partial charge in [0.05, 0.1) is 12.7 Å². The molecule has 17 heavy (non-hydrogen) atoms. The number of morpholine rings is 1. The lowest BCUT2D eigenvalue weighted by Crippen LogP contribution is -2.49. The fraction of sp³-hybridized carbons (Fsp3) is 1.00. The molecule has 2 aliphatic rings. The van der Waals surface area contributed by atoms with E-state index in [9.17, 15) is 0 Å². The van der Waals surface area contributed by atoms with Crippen LogP contribution in [0.1, 0.15) is 46.0 Å². The van der Waals surface area contributed by atoms with Crippen molar-refractivity contribution in [2.75, 3.05) is 26.2 Å². The molecule has 0 amide bonds. The molecule has 0 radical (unpaired) electrons. The first-order valence-electron chi connectivity index (χ1n) is 7.40. The van der Waals surface area contributed by atoms with E-state index in [1.807, 2.05) is 0 Å². The highest BCUT2D eigenvalue weighted by atomic mass is 16.5. The second kappa shape index (κ2) is 6.72. The molecule has 2 fully saturated rings. The van der Waals surface area contributed by atoms with Crippen molar-refractivity contribution >= 4 is 0 Å². The molecule has 0 bridgehead atoms. The smallest absolute Gasteiger partial charge is 0.0730 e. The van der Waals surface area contributed by atoms with Gasteiger partial charge in [-0.25, -0.2) is 0 Å². The lowest BCUT2D eigenvalue weighted by atomic mass is 10.1. The number of nitrogens with zero attached hydrogens (tertiary/aromatic N) is 1. The first-order valence-corrected chi connectivity index (χ1v) is 7.40. The Morgan fingerprint density at radius 3 is 3.12 bits per heavy atom. The van der Waals surface area contributed by atoms with Crippen LogP contribution in [0.2, 0.25) is 0 Å². The van der Waals surface area contributed by atoms with Crippen LogP contribution in [0, 0.1) is 0 Å². The Balaban J connectivity index is 1.70. The van der Waals surface area contributed by atoms with Gasteiger partial charge in [-0.1, -0.05) is 6.92 Å². The zero-order valence-electron chi connectivity index (χ0n) is 11.5. The molecule has 2 rings (SSSR count). The van der Waals surface area contributed by atoms with E-state index < -0.39 is 0 Å². The summed E-state index contributed by atoms with van der Waals surface area (Å²) >= 11 is 0. The molecule has 3 unspecified atom stereocenters. The third-order valence-corrected chi connectivity index (χ3v) is 4.19. The van der Waals surface area contributed by atoms with E-state index in [4.69, 9.17) is 4.74 Å². The molecule has 0 aromatic carbocycles. The van der Waals surface area contributed by atoms with Crippen molar-refractivity contribution in [1.29, 1.82) is 0 Å². The Morgan fingerprint density at radius 2 is 2.29 bits per heavy atom. The van der Waals surface area contributed by atoms with Gasteiger partial charge in [0.2, 0.25) is 0 Å². The van der Waals surface area contributed by atoms with Crippen LogP contribution in [0.3, 0.4) is 0 Å². The highest BCUT2D eigenvalue weighted by Crippen LogP contribution is 2.29. The SMILES string of the molecule is CCCNC(C)CCN1CCOC2CCCC21. The molecule has 0 spiro atoms. The van der Waals surface area contributed by atoms with Crippen molar-refractivity contribution < 1.29 is 4.74 Å². The predicted octanol–water partition coefficient (Wildman–Crippen LogP) is 2.02. The van der Waals surface area contributed by atoms with Crippen LogP contribution in [-0.2, 0) is 4.74 Å². The standard InChI is InChI=1S/C14H28N2O/c1-3-8-15-12(2)7-9-16-10-11-17-14-6-4-5-13(14)16/h12-15H,3-11H2,1-2H3. The van der Waals surface area contributed by atoms with Gasteiger partial charge in [-0.2, -0.15) is 0 Å². The summed E-state index contributed by atoms with van der Waals surface area (Å²) in [5.74, 6) is 0. The van der Waals surface area contributed by atoms with E-state index in [0.29, 0.717) is 12.1 Å². The Hall–Kier alpha value is -0.120. The lowest BCUT2D eigenvalue weighted by molar-refractivity contribution is -0.0562.